The summed E-state index contributed by atoms with van der Waals surface area (Å²) >= 11 is 3.58. The van der Waals surface area contributed by atoms with Crippen molar-refractivity contribution in [3.8, 4) is 0 Å². The second-order valence-corrected chi connectivity index (χ2v) is 5.19. The van der Waals surface area contributed by atoms with Gasteiger partial charge in [-0.25, -0.2) is 9.97 Å². The van der Waals surface area contributed by atoms with Gasteiger partial charge in [0.05, 0.1) is 5.69 Å². The molecule has 0 aliphatic rings. The van der Waals surface area contributed by atoms with Crippen LogP contribution in [0.3, 0.4) is 0 Å². The third-order valence-electron chi connectivity index (χ3n) is 2.92. The fourth-order valence-corrected chi connectivity index (χ4v) is 2.27. The topological polar surface area (TPSA) is 63.8 Å². The third kappa shape index (κ3) is 3.04. The van der Waals surface area contributed by atoms with Crippen LogP contribution in [0.15, 0.2) is 29.0 Å². The Bertz CT molecular complexity index is 584. The first kappa shape index (κ1) is 13.8. The monoisotopic (exact) mass is 320 g/mol. The summed E-state index contributed by atoms with van der Waals surface area (Å²) in [5.74, 6) is 1.32. The van der Waals surface area contributed by atoms with Crippen LogP contribution in [0.1, 0.15) is 24.5 Å². The van der Waals surface area contributed by atoms with Crippen LogP contribution in [0.25, 0.3) is 0 Å². The first-order valence-electron chi connectivity index (χ1n) is 6.25. The molecule has 2 rings (SSSR count). The Morgan fingerprint density at radius 3 is 2.84 bits per heavy atom. The summed E-state index contributed by atoms with van der Waals surface area (Å²) in [6, 6.07) is 6.06. The minimum Gasteiger partial charge on any atom is -0.383 e. The van der Waals surface area contributed by atoms with E-state index in [4.69, 9.17) is 5.73 Å². The fourth-order valence-electron chi connectivity index (χ4n) is 1.90. The first-order valence-corrected chi connectivity index (χ1v) is 7.04. The molecule has 0 unspecified atom stereocenters. The van der Waals surface area contributed by atoms with Crippen molar-refractivity contribution in [3.05, 3.63) is 40.1 Å². The van der Waals surface area contributed by atoms with Gasteiger partial charge in [0.15, 0.2) is 0 Å². The van der Waals surface area contributed by atoms with Crippen molar-refractivity contribution >= 4 is 33.3 Å². The second kappa shape index (κ2) is 6.02. The molecule has 0 spiro atoms. The summed E-state index contributed by atoms with van der Waals surface area (Å²) < 4.78 is 1.04. The third-order valence-corrected chi connectivity index (χ3v) is 3.98. The molecule has 0 atom stereocenters. The van der Waals surface area contributed by atoms with E-state index in [-0.39, 0.29) is 0 Å². The predicted molar refractivity (Wildman–Crippen MR) is 82.6 cm³/mol. The van der Waals surface area contributed by atoms with Crippen LogP contribution in [-0.2, 0) is 6.42 Å². The maximum absolute atomic E-state index is 5.93. The first-order chi connectivity index (χ1) is 9.13. The molecule has 0 amide bonds. The molecule has 0 bridgehead atoms. The molecule has 0 radical (unpaired) electrons. The highest BCUT2D eigenvalue weighted by molar-refractivity contribution is 9.10. The van der Waals surface area contributed by atoms with Gasteiger partial charge in [-0.15, -0.1) is 0 Å². The fraction of sp³-hybridized carbons (Fsp3) is 0.286. The average Bonchev–Trinajstić information content (AvgIpc) is 2.39. The van der Waals surface area contributed by atoms with Gasteiger partial charge in [-0.1, -0.05) is 25.5 Å². The van der Waals surface area contributed by atoms with Crippen molar-refractivity contribution < 1.29 is 0 Å². The Labute approximate surface area is 121 Å². The van der Waals surface area contributed by atoms with Gasteiger partial charge in [-0.05, 0) is 40.9 Å². The lowest BCUT2D eigenvalue weighted by molar-refractivity contribution is 0.908. The normalized spacial score (nSPS) is 10.5. The zero-order valence-electron chi connectivity index (χ0n) is 11.1. The maximum atomic E-state index is 5.93. The number of nitrogens with two attached hydrogens (primary N) is 1. The van der Waals surface area contributed by atoms with Gasteiger partial charge >= 0.3 is 0 Å². The SMILES string of the molecule is CCCc1c(N)ncnc1Nc1cccc(C)c1Br. The Hall–Kier alpha value is -1.62. The highest BCUT2D eigenvalue weighted by atomic mass is 79.9. The molecule has 2 aromatic rings. The molecule has 0 aliphatic heterocycles. The van der Waals surface area contributed by atoms with Crippen molar-refractivity contribution in [3.63, 3.8) is 0 Å². The molecule has 3 N–H and O–H groups in total. The molecule has 1 aromatic heterocycles. The molecular weight excluding hydrogens is 304 g/mol. The van der Waals surface area contributed by atoms with E-state index in [1.165, 1.54) is 11.9 Å². The van der Waals surface area contributed by atoms with Crippen LogP contribution >= 0.6 is 15.9 Å². The Morgan fingerprint density at radius 2 is 2.11 bits per heavy atom. The Kier molecular flexibility index (Phi) is 4.37. The minimum atomic E-state index is 0.545. The molecule has 0 fully saturated rings. The van der Waals surface area contributed by atoms with Crippen molar-refractivity contribution in [2.75, 3.05) is 11.1 Å². The largest absolute Gasteiger partial charge is 0.383 e. The average molecular weight is 321 g/mol. The number of nitrogens with zero attached hydrogens (tertiary/aromatic N) is 2. The number of aromatic nitrogens is 2. The van der Waals surface area contributed by atoms with E-state index in [1.54, 1.807) is 0 Å². The van der Waals surface area contributed by atoms with Crippen LogP contribution in [0, 0.1) is 6.92 Å². The molecule has 100 valence electrons. The number of benzene rings is 1. The number of aryl methyl sites for hydroxylation is 1. The van der Waals surface area contributed by atoms with E-state index in [0.717, 1.165) is 34.4 Å². The molecular formula is C14H17BrN4. The van der Waals surface area contributed by atoms with Crippen LogP contribution in [0.2, 0.25) is 0 Å². The molecule has 1 heterocycles. The summed E-state index contributed by atoms with van der Waals surface area (Å²) in [5, 5.41) is 3.33. The van der Waals surface area contributed by atoms with E-state index < -0.39 is 0 Å². The lowest BCUT2D eigenvalue weighted by Gasteiger charge is -2.13. The van der Waals surface area contributed by atoms with Crippen molar-refractivity contribution in [2.45, 2.75) is 26.7 Å². The van der Waals surface area contributed by atoms with E-state index >= 15 is 0 Å². The van der Waals surface area contributed by atoms with Gasteiger partial charge in [0.25, 0.3) is 0 Å². The van der Waals surface area contributed by atoms with Gasteiger partial charge in [0.1, 0.15) is 18.0 Å². The van der Waals surface area contributed by atoms with Gasteiger partial charge in [0.2, 0.25) is 0 Å². The highest BCUT2D eigenvalue weighted by Crippen LogP contribution is 2.30. The Morgan fingerprint density at radius 1 is 1.32 bits per heavy atom. The number of hydrogen-bond donors (Lipinski definition) is 2. The van der Waals surface area contributed by atoms with Crippen molar-refractivity contribution in [1.82, 2.24) is 9.97 Å². The number of nitrogen functional groups attached to an aromatic ring is 1. The zero-order chi connectivity index (χ0) is 13.8. The van der Waals surface area contributed by atoms with Crippen LogP contribution in [0.4, 0.5) is 17.3 Å². The van der Waals surface area contributed by atoms with Gasteiger partial charge < -0.3 is 11.1 Å². The zero-order valence-corrected chi connectivity index (χ0v) is 12.7. The number of hydrogen-bond acceptors (Lipinski definition) is 4. The Balaban J connectivity index is 2.38. The number of anilines is 3. The van der Waals surface area contributed by atoms with Crippen LogP contribution in [-0.4, -0.2) is 9.97 Å². The van der Waals surface area contributed by atoms with Gasteiger partial charge in [0, 0.05) is 10.0 Å². The lowest BCUT2D eigenvalue weighted by Crippen LogP contribution is -2.05. The van der Waals surface area contributed by atoms with Crippen molar-refractivity contribution in [1.29, 1.82) is 0 Å². The minimum absolute atomic E-state index is 0.545. The van der Waals surface area contributed by atoms with E-state index in [2.05, 4.69) is 51.1 Å². The molecule has 5 heteroatoms. The maximum Gasteiger partial charge on any atom is 0.139 e. The van der Waals surface area contributed by atoms with E-state index in [1.807, 2.05) is 12.1 Å². The van der Waals surface area contributed by atoms with Crippen LogP contribution < -0.4 is 11.1 Å². The summed E-state index contributed by atoms with van der Waals surface area (Å²) in [5.41, 5.74) is 9.05. The van der Waals surface area contributed by atoms with Gasteiger partial charge in [-0.2, -0.15) is 0 Å². The van der Waals surface area contributed by atoms with E-state index in [9.17, 15) is 0 Å². The molecule has 4 nitrogen and oxygen atoms in total. The van der Waals surface area contributed by atoms with Gasteiger partial charge in [-0.3, -0.25) is 0 Å². The summed E-state index contributed by atoms with van der Waals surface area (Å²) in [6.45, 7) is 4.16. The standard InChI is InChI=1S/C14H17BrN4/c1-3-5-10-13(16)17-8-18-14(10)19-11-7-4-6-9(2)12(11)15/h4,6-8H,3,5H2,1-2H3,(H3,16,17,18,19). The number of nitrogens with one attached hydrogen (secondary N) is 1. The summed E-state index contributed by atoms with van der Waals surface area (Å²) in [7, 11) is 0. The second-order valence-electron chi connectivity index (χ2n) is 4.40. The molecule has 19 heavy (non-hydrogen) atoms. The predicted octanol–water partition coefficient (Wildman–Crippen LogP) is 3.83. The number of rotatable bonds is 4. The molecule has 0 saturated carbocycles. The summed E-state index contributed by atoms with van der Waals surface area (Å²) in [4.78, 5) is 8.36. The van der Waals surface area contributed by atoms with Crippen LogP contribution in [0.5, 0.6) is 0 Å². The molecule has 0 saturated heterocycles. The molecule has 0 aliphatic carbocycles. The quantitative estimate of drug-likeness (QED) is 0.898. The smallest absolute Gasteiger partial charge is 0.139 e. The summed E-state index contributed by atoms with van der Waals surface area (Å²) in [6.07, 6.45) is 3.35. The highest BCUT2D eigenvalue weighted by Gasteiger charge is 2.10. The lowest BCUT2D eigenvalue weighted by atomic mass is 10.1. The molecule has 1 aromatic carbocycles. The van der Waals surface area contributed by atoms with Crippen molar-refractivity contribution in [2.24, 2.45) is 0 Å². The van der Waals surface area contributed by atoms with E-state index in [0.29, 0.717) is 5.82 Å². The number of halogens is 1.